The van der Waals surface area contributed by atoms with Crippen LogP contribution in [0.3, 0.4) is 0 Å². The van der Waals surface area contributed by atoms with E-state index in [1.165, 1.54) is 0 Å². The van der Waals surface area contributed by atoms with Gasteiger partial charge in [0.15, 0.2) is 8.32 Å². The van der Waals surface area contributed by atoms with Crippen molar-refractivity contribution in [3.8, 4) is 0 Å². The fourth-order valence-electron chi connectivity index (χ4n) is 3.32. The lowest BCUT2D eigenvalue weighted by Crippen LogP contribution is -2.56. The molecule has 136 valence electrons. The van der Waals surface area contributed by atoms with Crippen LogP contribution in [0.25, 0.3) is 0 Å². The molecule has 0 aliphatic heterocycles. The average Bonchev–Trinajstić information content (AvgIpc) is 2.43. The Morgan fingerprint density at radius 3 is 2.50 bits per heavy atom. The van der Waals surface area contributed by atoms with Crippen LogP contribution in [-0.2, 0) is 4.43 Å². The minimum atomic E-state index is -1.96. The second kappa shape index (κ2) is 6.43. The number of aliphatic hydroxyl groups is 1. The molecule has 4 nitrogen and oxygen atoms in total. The molecular weight excluding hydrogens is 316 g/mol. The smallest absolute Gasteiger partial charge is 0.192 e. The lowest BCUT2D eigenvalue weighted by Gasteiger charge is -2.50. The van der Waals surface area contributed by atoms with Gasteiger partial charge in [-0.05, 0) is 61.4 Å². The van der Waals surface area contributed by atoms with Gasteiger partial charge in [-0.2, -0.15) is 0 Å². The van der Waals surface area contributed by atoms with E-state index in [9.17, 15) is 5.11 Å². The van der Waals surface area contributed by atoms with Gasteiger partial charge >= 0.3 is 0 Å². The van der Waals surface area contributed by atoms with Crippen LogP contribution in [0.15, 0.2) is 18.5 Å². The zero-order valence-corrected chi connectivity index (χ0v) is 17.3. The van der Waals surface area contributed by atoms with Gasteiger partial charge in [-0.1, -0.05) is 27.7 Å². The minimum Gasteiger partial charge on any atom is -0.411 e. The maximum atomic E-state index is 11.1. The second-order valence-electron chi connectivity index (χ2n) is 9.17. The van der Waals surface area contributed by atoms with Crippen LogP contribution in [-0.4, -0.2) is 30.1 Å². The first-order valence-electron chi connectivity index (χ1n) is 8.96. The Labute approximate surface area is 148 Å². The highest BCUT2D eigenvalue weighted by molar-refractivity contribution is 6.74. The maximum Gasteiger partial charge on any atom is 0.192 e. The third-order valence-electron chi connectivity index (χ3n) is 6.36. The van der Waals surface area contributed by atoms with Crippen molar-refractivity contribution in [3.63, 3.8) is 0 Å². The van der Waals surface area contributed by atoms with Crippen molar-refractivity contribution in [2.45, 2.75) is 83.2 Å². The summed E-state index contributed by atoms with van der Waals surface area (Å²) in [6.45, 7) is 15.2. The number of anilines is 1. The fourth-order valence-corrected chi connectivity index (χ4v) is 4.72. The highest BCUT2D eigenvalue weighted by Crippen LogP contribution is 2.47. The molecule has 1 aromatic rings. The molecule has 1 saturated carbocycles. The largest absolute Gasteiger partial charge is 0.411 e. The van der Waals surface area contributed by atoms with E-state index < -0.39 is 13.9 Å². The molecule has 0 amide bonds. The molecule has 0 radical (unpaired) electrons. The Morgan fingerprint density at radius 1 is 1.33 bits per heavy atom. The zero-order valence-electron chi connectivity index (χ0n) is 16.3. The summed E-state index contributed by atoms with van der Waals surface area (Å²) in [6.07, 6.45) is 5.07. The predicted molar refractivity (Wildman–Crippen MR) is 102 cm³/mol. The van der Waals surface area contributed by atoms with Gasteiger partial charge in [-0.15, -0.1) is 0 Å². The van der Waals surface area contributed by atoms with E-state index in [-0.39, 0.29) is 17.1 Å². The molecule has 1 fully saturated rings. The van der Waals surface area contributed by atoms with Crippen LogP contribution in [0.4, 0.5) is 5.69 Å². The van der Waals surface area contributed by atoms with Crippen molar-refractivity contribution < 1.29 is 9.53 Å². The van der Waals surface area contributed by atoms with Crippen LogP contribution in [0.5, 0.6) is 0 Å². The molecule has 0 saturated heterocycles. The van der Waals surface area contributed by atoms with Crippen molar-refractivity contribution >= 4 is 14.0 Å². The number of rotatable bonds is 3. The van der Waals surface area contributed by atoms with E-state index in [4.69, 9.17) is 10.2 Å². The Morgan fingerprint density at radius 2 is 1.96 bits per heavy atom. The first kappa shape index (κ1) is 19.4. The van der Waals surface area contributed by atoms with E-state index in [0.29, 0.717) is 5.92 Å². The number of hydrogen-bond donors (Lipinski definition) is 2. The molecule has 0 bridgehead atoms. The molecule has 0 unspecified atom stereocenters. The van der Waals surface area contributed by atoms with Crippen LogP contribution in [0, 0.1) is 5.92 Å². The Kier molecular flexibility index (Phi) is 5.20. The predicted octanol–water partition coefficient (Wildman–Crippen LogP) is 4.32. The first-order chi connectivity index (χ1) is 10.9. The monoisotopic (exact) mass is 350 g/mol. The van der Waals surface area contributed by atoms with Gasteiger partial charge in [-0.25, -0.2) is 0 Å². The van der Waals surface area contributed by atoms with Gasteiger partial charge in [0.05, 0.1) is 23.6 Å². The van der Waals surface area contributed by atoms with Crippen LogP contribution in [0.2, 0.25) is 18.1 Å². The number of hydrogen-bond acceptors (Lipinski definition) is 4. The molecule has 24 heavy (non-hydrogen) atoms. The van der Waals surface area contributed by atoms with Crippen LogP contribution < -0.4 is 5.73 Å². The average molecular weight is 351 g/mol. The van der Waals surface area contributed by atoms with E-state index in [1.807, 2.05) is 13.0 Å². The molecule has 3 N–H and O–H groups in total. The standard InChI is InChI=1S/C19H34N2O2Si/c1-13-10-14(15-8-9-21-12-16(15)20)11-17(19(13,5)22)23-24(6,7)18(2,3)4/h8-9,12-14,17,22H,10-11,20H2,1-7H3/t13-,14+,17+,19+/m1/s1. The SMILES string of the molecule is C[C@@H]1C[C@H](c2ccncc2N)C[C@H](O[Si](C)(C)C(C)(C)C)[C@@]1(C)O. The quantitative estimate of drug-likeness (QED) is 0.797. The van der Waals surface area contributed by atoms with Crippen molar-refractivity contribution in [1.82, 2.24) is 4.98 Å². The molecule has 4 atom stereocenters. The first-order valence-corrected chi connectivity index (χ1v) is 11.9. The van der Waals surface area contributed by atoms with Gasteiger partial charge in [0.2, 0.25) is 0 Å². The normalized spacial score (nSPS) is 31.9. The molecule has 0 spiro atoms. The molecule has 1 aromatic heterocycles. The number of nitrogens with two attached hydrogens (primary N) is 1. The van der Waals surface area contributed by atoms with Crippen LogP contribution in [0.1, 0.15) is 58.9 Å². The van der Waals surface area contributed by atoms with Gasteiger partial charge in [0.1, 0.15) is 0 Å². The maximum absolute atomic E-state index is 11.1. The molecule has 2 rings (SSSR count). The summed E-state index contributed by atoms with van der Waals surface area (Å²) < 4.78 is 6.65. The summed E-state index contributed by atoms with van der Waals surface area (Å²) in [7, 11) is -1.96. The van der Waals surface area contributed by atoms with Crippen molar-refractivity contribution in [2.75, 3.05) is 5.73 Å². The summed E-state index contributed by atoms with van der Waals surface area (Å²) in [6, 6.07) is 2.01. The summed E-state index contributed by atoms with van der Waals surface area (Å²) in [5.74, 6) is 0.455. The highest BCUT2D eigenvalue weighted by Gasteiger charge is 2.49. The topological polar surface area (TPSA) is 68.4 Å². The van der Waals surface area contributed by atoms with Gasteiger partial charge in [0.25, 0.3) is 0 Å². The number of pyridine rings is 1. The molecule has 1 aliphatic rings. The van der Waals surface area contributed by atoms with E-state index in [0.717, 1.165) is 24.1 Å². The highest BCUT2D eigenvalue weighted by atomic mass is 28.4. The van der Waals surface area contributed by atoms with Gasteiger partial charge in [-0.3, -0.25) is 4.98 Å². The lowest BCUT2D eigenvalue weighted by molar-refractivity contribution is -0.117. The van der Waals surface area contributed by atoms with E-state index in [1.54, 1.807) is 12.4 Å². The number of aromatic nitrogens is 1. The third-order valence-corrected chi connectivity index (χ3v) is 10.8. The summed E-state index contributed by atoms with van der Waals surface area (Å²) in [5.41, 5.74) is 7.21. The van der Waals surface area contributed by atoms with Crippen molar-refractivity contribution in [2.24, 2.45) is 5.92 Å². The van der Waals surface area contributed by atoms with Crippen LogP contribution >= 0.6 is 0 Å². The fraction of sp³-hybridized carbons (Fsp3) is 0.737. The van der Waals surface area contributed by atoms with E-state index in [2.05, 4.69) is 45.8 Å². The van der Waals surface area contributed by atoms with Crippen molar-refractivity contribution in [1.29, 1.82) is 0 Å². The summed E-state index contributed by atoms with van der Waals surface area (Å²) in [4.78, 5) is 4.10. The number of nitrogen functional groups attached to an aromatic ring is 1. The third kappa shape index (κ3) is 3.68. The second-order valence-corrected chi connectivity index (χ2v) is 13.9. The number of nitrogens with zero attached hydrogens (tertiary/aromatic N) is 1. The Balaban J connectivity index is 2.30. The summed E-state index contributed by atoms with van der Waals surface area (Å²) in [5, 5.41) is 11.2. The Bertz CT molecular complexity index is 581. The molecule has 0 aromatic carbocycles. The molecule has 5 heteroatoms. The Hall–Kier alpha value is -0.913. The van der Waals surface area contributed by atoms with Gasteiger partial charge in [0, 0.05) is 6.20 Å². The minimum absolute atomic E-state index is 0.120. The zero-order chi connectivity index (χ0) is 18.3. The molecule has 1 aliphatic carbocycles. The van der Waals surface area contributed by atoms with Gasteiger partial charge < -0.3 is 15.3 Å². The van der Waals surface area contributed by atoms with Crippen molar-refractivity contribution in [3.05, 3.63) is 24.0 Å². The summed E-state index contributed by atoms with van der Waals surface area (Å²) >= 11 is 0. The molecular formula is C19H34N2O2Si. The van der Waals surface area contributed by atoms with E-state index >= 15 is 0 Å². The lowest BCUT2D eigenvalue weighted by atomic mass is 9.69. The molecule has 1 heterocycles.